The van der Waals surface area contributed by atoms with E-state index in [0.717, 1.165) is 96.3 Å². The van der Waals surface area contributed by atoms with Gasteiger partial charge in [0.2, 0.25) is 0 Å². The third-order valence-corrected chi connectivity index (χ3v) is 13.7. The molecule has 0 aromatic heterocycles. The Kier molecular flexibility index (Phi) is 58.7. The predicted molar refractivity (Wildman–Crippen MR) is 316 cm³/mol. The molecule has 0 bridgehead atoms. The summed E-state index contributed by atoms with van der Waals surface area (Å²) >= 11 is 0. The summed E-state index contributed by atoms with van der Waals surface area (Å²) in [6.45, 7) is 6.54. The van der Waals surface area contributed by atoms with Crippen LogP contribution in [0.15, 0.2) is 72.9 Å². The molecule has 0 aliphatic rings. The molecule has 1 atom stereocenters. The second-order valence-corrected chi connectivity index (χ2v) is 20.9. The summed E-state index contributed by atoms with van der Waals surface area (Å²) in [5, 5.41) is 0. The van der Waals surface area contributed by atoms with Gasteiger partial charge in [-0.25, -0.2) is 0 Å². The van der Waals surface area contributed by atoms with Crippen LogP contribution < -0.4 is 0 Å². The molecule has 6 heteroatoms. The average Bonchev–Trinajstić information content (AvgIpc) is 3.39. The normalized spacial score (nSPS) is 12.5. The molecule has 0 heterocycles. The van der Waals surface area contributed by atoms with Crippen molar-refractivity contribution in [3.8, 4) is 0 Å². The molecule has 0 aliphatic heterocycles. The lowest BCUT2D eigenvalue weighted by molar-refractivity contribution is -0.167. The summed E-state index contributed by atoms with van der Waals surface area (Å²) in [5.74, 6) is -0.904. The largest absolute Gasteiger partial charge is 0.462 e. The van der Waals surface area contributed by atoms with Gasteiger partial charge in [-0.1, -0.05) is 280 Å². The standard InChI is InChI=1S/C67H118O6/c1-4-7-10-13-16-19-22-25-28-31-33-36-39-42-45-48-51-54-57-60-66(69)72-63-64(62-71-65(68)59-56-53-50-47-44-41-38-35-30-27-24-21-18-15-12-9-6-3)73-67(70)61-58-55-52-49-46-43-40-37-34-32-29-26-23-20-17-14-11-8-5-2/h7,10,16,19,25-26,28-29,33,36,42,45,64H,4-6,8-9,11-15,17-18,20-24,27,30-32,34-35,37-41,43-44,46-63H2,1-3H3/b10-7+,19-16+,28-25+,29-26+,36-33+,45-42+/t64-/m1/s1. The van der Waals surface area contributed by atoms with E-state index in [1.165, 1.54) is 180 Å². The van der Waals surface area contributed by atoms with Crippen LogP contribution in [0.2, 0.25) is 0 Å². The summed E-state index contributed by atoms with van der Waals surface area (Å²) in [5.41, 5.74) is 0. The highest BCUT2D eigenvalue weighted by molar-refractivity contribution is 5.71. The highest BCUT2D eigenvalue weighted by Crippen LogP contribution is 2.17. The highest BCUT2D eigenvalue weighted by atomic mass is 16.6. The first-order valence-electron chi connectivity index (χ1n) is 31.4. The van der Waals surface area contributed by atoms with E-state index in [1.54, 1.807) is 0 Å². The molecule has 73 heavy (non-hydrogen) atoms. The summed E-state index contributed by atoms with van der Waals surface area (Å²) in [6.07, 6.45) is 79.0. The molecule has 0 unspecified atom stereocenters. The number of allylic oxidation sites excluding steroid dienone is 12. The average molecular weight is 1020 g/mol. The summed E-state index contributed by atoms with van der Waals surface area (Å²) in [4.78, 5) is 38.3. The molecule has 422 valence electrons. The van der Waals surface area contributed by atoms with Crippen molar-refractivity contribution in [2.75, 3.05) is 13.2 Å². The molecule has 0 aromatic carbocycles. The van der Waals surface area contributed by atoms with E-state index in [9.17, 15) is 14.4 Å². The second kappa shape index (κ2) is 61.4. The molecular weight excluding hydrogens is 901 g/mol. The Balaban J connectivity index is 4.42. The Morgan fingerprint density at radius 2 is 0.534 bits per heavy atom. The smallest absolute Gasteiger partial charge is 0.306 e. The first kappa shape index (κ1) is 69.8. The van der Waals surface area contributed by atoms with Crippen LogP contribution in [-0.4, -0.2) is 37.2 Å². The van der Waals surface area contributed by atoms with Crippen molar-refractivity contribution >= 4 is 17.9 Å². The van der Waals surface area contributed by atoms with Gasteiger partial charge in [0.25, 0.3) is 0 Å². The fourth-order valence-corrected chi connectivity index (χ4v) is 9.00. The minimum Gasteiger partial charge on any atom is -0.462 e. The van der Waals surface area contributed by atoms with Crippen LogP contribution in [0.5, 0.6) is 0 Å². The fraction of sp³-hybridized carbons (Fsp3) is 0.776. The summed E-state index contributed by atoms with van der Waals surface area (Å²) in [6, 6.07) is 0. The molecule has 0 saturated carbocycles. The molecule has 0 radical (unpaired) electrons. The number of hydrogen-bond acceptors (Lipinski definition) is 6. The number of unbranched alkanes of at least 4 members (excludes halogenated alkanes) is 34. The van der Waals surface area contributed by atoms with Crippen molar-refractivity contribution in [2.45, 2.75) is 322 Å². The molecule has 0 aromatic rings. The van der Waals surface area contributed by atoms with Gasteiger partial charge in [0, 0.05) is 19.3 Å². The Morgan fingerprint density at radius 3 is 0.863 bits per heavy atom. The van der Waals surface area contributed by atoms with Gasteiger partial charge >= 0.3 is 17.9 Å². The third-order valence-electron chi connectivity index (χ3n) is 13.7. The number of carbonyl (C=O) groups excluding carboxylic acids is 3. The predicted octanol–water partition coefficient (Wildman–Crippen LogP) is 21.3. The zero-order valence-electron chi connectivity index (χ0n) is 48.4. The number of esters is 3. The quantitative estimate of drug-likeness (QED) is 0.0261. The van der Waals surface area contributed by atoms with E-state index in [1.807, 2.05) is 0 Å². The van der Waals surface area contributed by atoms with Crippen molar-refractivity contribution in [3.05, 3.63) is 72.9 Å². The van der Waals surface area contributed by atoms with E-state index in [4.69, 9.17) is 14.2 Å². The minimum absolute atomic E-state index is 0.0838. The lowest BCUT2D eigenvalue weighted by atomic mass is 10.0. The molecule has 0 saturated heterocycles. The van der Waals surface area contributed by atoms with E-state index in [2.05, 4.69) is 93.7 Å². The monoisotopic (exact) mass is 1020 g/mol. The second-order valence-electron chi connectivity index (χ2n) is 20.9. The molecule has 6 nitrogen and oxygen atoms in total. The van der Waals surface area contributed by atoms with E-state index in [-0.39, 0.29) is 31.1 Å². The van der Waals surface area contributed by atoms with Crippen LogP contribution in [0.4, 0.5) is 0 Å². The Morgan fingerprint density at radius 1 is 0.288 bits per heavy atom. The van der Waals surface area contributed by atoms with E-state index >= 15 is 0 Å². The maximum absolute atomic E-state index is 12.9. The maximum atomic E-state index is 12.9. The molecule has 0 aliphatic carbocycles. The molecule has 0 N–H and O–H groups in total. The topological polar surface area (TPSA) is 78.9 Å². The van der Waals surface area contributed by atoms with Gasteiger partial charge < -0.3 is 14.2 Å². The van der Waals surface area contributed by atoms with Crippen LogP contribution in [0, 0.1) is 0 Å². The maximum Gasteiger partial charge on any atom is 0.306 e. The Labute approximate surface area is 453 Å². The molecule has 0 rings (SSSR count). The third kappa shape index (κ3) is 59.6. The lowest BCUT2D eigenvalue weighted by Gasteiger charge is -2.18. The van der Waals surface area contributed by atoms with Crippen LogP contribution in [0.3, 0.4) is 0 Å². The van der Waals surface area contributed by atoms with Gasteiger partial charge in [-0.2, -0.15) is 0 Å². The van der Waals surface area contributed by atoms with E-state index < -0.39 is 6.10 Å². The van der Waals surface area contributed by atoms with Crippen LogP contribution >= 0.6 is 0 Å². The highest BCUT2D eigenvalue weighted by Gasteiger charge is 2.19. The molecular formula is C67H118O6. The van der Waals surface area contributed by atoms with Crippen molar-refractivity contribution in [1.82, 2.24) is 0 Å². The number of ether oxygens (including phenoxy) is 3. The van der Waals surface area contributed by atoms with Gasteiger partial charge in [0.05, 0.1) is 0 Å². The van der Waals surface area contributed by atoms with E-state index in [0.29, 0.717) is 19.3 Å². The zero-order valence-corrected chi connectivity index (χ0v) is 48.4. The van der Waals surface area contributed by atoms with Crippen LogP contribution in [0.25, 0.3) is 0 Å². The van der Waals surface area contributed by atoms with Gasteiger partial charge in [-0.05, 0) is 89.9 Å². The molecule has 0 fully saturated rings. The number of rotatable bonds is 57. The van der Waals surface area contributed by atoms with Gasteiger partial charge in [0.1, 0.15) is 13.2 Å². The molecule has 0 spiro atoms. The number of hydrogen-bond donors (Lipinski definition) is 0. The van der Waals surface area contributed by atoms with Gasteiger partial charge in [-0.15, -0.1) is 0 Å². The number of carbonyl (C=O) groups is 3. The Hall–Kier alpha value is -3.15. The van der Waals surface area contributed by atoms with Gasteiger partial charge in [-0.3, -0.25) is 14.4 Å². The SMILES string of the molecule is CC/C=C/C/C=C/C/C=C/C/C=C/C/C=C/CCCCCC(=O)OC[C@@H](COC(=O)CCCCCCCCCCCCCCCCCCC)OC(=O)CCCCCCCCCCC/C=C/CCCCCCCC. The van der Waals surface area contributed by atoms with Crippen molar-refractivity contribution < 1.29 is 28.6 Å². The Bertz CT molecular complexity index is 1360. The van der Waals surface area contributed by atoms with Crippen LogP contribution in [0.1, 0.15) is 316 Å². The summed E-state index contributed by atoms with van der Waals surface area (Å²) in [7, 11) is 0. The van der Waals surface area contributed by atoms with Crippen molar-refractivity contribution in [3.63, 3.8) is 0 Å². The zero-order chi connectivity index (χ0) is 52.9. The van der Waals surface area contributed by atoms with Crippen molar-refractivity contribution in [1.29, 1.82) is 0 Å². The summed E-state index contributed by atoms with van der Waals surface area (Å²) < 4.78 is 16.9. The molecule has 0 amide bonds. The van der Waals surface area contributed by atoms with Crippen molar-refractivity contribution in [2.24, 2.45) is 0 Å². The fourth-order valence-electron chi connectivity index (χ4n) is 9.00. The van der Waals surface area contributed by atoms with Crippen LogP contribution in [-0.2, 0) is 28.6 Å². The lowest BCUT2D eigenvalue weighted by Crippen LogP contribution is -2.30. The first-order valence-corrected chi connectivity index (χ1v) is 31.4. The first-order chi connectivity index (χ1) is 36.0. The minimum atomic E-state index is -0.790. The van der Waals surface area contributed by atoms with Gasteiger partial charge in [0.15, 0.2) is 6.10 Å².